The second kappa shape index (κ2) is 3.82. The predicted octanol–water partition coefficient (Wildman–Crippen LogP) is 1.21. The highest BCUT2D eigenvalue weighted by Gasteiger charge is 2.17. The molecule has 2 aromatic heterocycles. The second-order valence-corrected chi connectivity index (χ2v) is 3.50. The number of aliphatic hydroxyl groups is 1. The van der Waals surface area contributed by atoms with Gasteiger partial charge in [0, 0.05) is 25.6 Å². The van der Waals surface area contributed by atoms with E-state index in [0.29, 0.717) is 11.5 Å². The molecule has 0 radical (unpaired) electrons. The van der Waals surface area contributed by atoms with Gasteiger partial charge < -0.3 is 9.67 Å². The summed E-state index contributed by atoms with van der Waals surface area (Å²) in [5.74, 6) is 0.608. The summed E-state index contributed by atoms with van der Waals surface area (Å²) in [6.07, 6.45) is 4.38. The minimum Gasteiger partial charge on any atom is -0.379 e. The van der Waals surface area contributed by atoms with Crippen molar-refractivity contribution >= 4 is 0 Å². The van der Waals surface area contributed by atoms with E-state index in [4.69, 9.17) is 0 Å². The van der Waals surface area contributed by atoms with Gasteiger partial charge in [-0.3, -0.25) is 4.98 Å². The molecule has 2 aromatic rings. The van der Waals surface area contributed by atoms with Gasteiger partial charge in [0.2, 0.25) is 0 Å². The molecule has 1 atom stereocenters. The summed E-state index contributed by atoms with van der Waals surface area (Å²) in [5, 5.41) is 10.1. The van der Waals surface area contributed by atoms with Crippen LogP contribution in [0.5, 0.6) is 0 Å². The molecule has 0 aromatic carbocycles. The highest BCUT2D eigenvalue weighted by molar-refractivity contribution is 5.24. The van der Waals surface area contributed by atoms with Gasteiger partial charge in [-0.05, 0) is 18.6 Å². The lowest BCUT2D eigenvalue weighted by Gasteiger charge is -2.11. The molecule has 0 saturated carbocycles. The van der Waals surface area contributed by atoms with Gasteiger partial charge in [0.25, 0.3) is 0 Å². The largest absolute Gasteiger partial charge is 0.379 e. The molecule has 0 aliphatic heterocycles. The van der Waals surface area contributed by atoms with Crippen LogP contribution < -0.4 is 0 Å². The van der Waals surface area contributed by atoms with Crippen LogP contribution in [-0.2, 0) is 7.05 Å². The van der Waals surface area contributed by atoms with Crippen LogP contribution in [0.2, 0.25) is 0 Å². The first-order valence-electron chi connectivity index (χ1n) is 4.77. The third-order valence-electron chi connectivity index (χ3n) is 2.41. The van der Waals surface area contributed by atoms with Crippen LogP contribution in [0.1, 0.15) is 23.2 Å². The van der Waals surface area contributed by atoms with Crippen molar-refractivity contribution in [2.24, 2.45) is 7.05 Å². The molecule has 1 unspecified atom stereocenters. The molecule has 1 N–H and O–H groups in total. The molecule has 0 saturated heterocycles. The Bertz CT molecular complexity index is 464. The summed E-state index contributed by atoms with van der Waals surface area (Å²) < 4.78 is 1.79. The third-order valence-corrected chi connectivity index (χ3v) is 2.41. The molecule has 4 heteroatoms. The smallest absolute Gasteiger partial charge is 0.154 e. The van der Waals surface area contributed by atoms with Gasteiger partial charge in [0.1, 0.15) is 5.82 Å². The minimum absolute atomic E-state index is 0.608. The normalized spacial score (nSPS) is 12.7. The molecule has 0 aliphatic carbocycles. The first-order valence-corrected chi connectivity index (χ1v) is 4.77. The molecule has 0 fully saturated rings. The van der Waals surface area contributed by atoms with E-state index in [1.54, 1.807) is 23.2 Å². The Morgan fingerprint density at radius 2 is 2.13 bits per heavy atom. The Labute approximate surface area is 88.2 Å². The standard InChI is InChI=1S/C11H13N3O/c1-8-4-3-5-12-9(8)10(15)11-13-6-7-14(11)2/h3-7,10,15H,1-2H3. The zero-order valence-corrected chi connectivity index (χ0v) is 8.75. The Kier molecular flexibility index (Phi) is 2.51. The molecular weight excluding hydrogens is 190 g/mol. The van der Waals surface area contributed by atoms with E-state index in [0.717, 1.165) is 5.56 Å². The summed E-state index contributed by atoms with van der Waals surface area (Å²) in [5.41, 5.74) is 1.62. The van der Waals surface area contributed by atoms with E-state index in [1.165, 1.54) is 0 Å². The van der Waals surface area contributed by atoms with Crippen LogP contribution >= 0.6 is 0 Å². The van der Waals surface area contributed by atoms with Crippen LogP contribution in [-0.4, -0.2) is 19.6 Å². The molecule has 4 nitrogen and oxygen atoms in total. The molecule has 2 heterocycles. The summed E-state index contributed by atoms with van der Waals surface area (Å²) >= 11 is 0. The Morgan fingerprint density at radius 1 is 1.33 bits per heavy atom. The fourth-order valence-electron chi connectivity index (χ4n) is 1.55. The van der Waals surface area contributed by atoms with Crippen molar-refractivity contribution < 1.29 is 5.11 Å². The number of nitrogens with zero attached hydrogens (tertiary/aromatic N) is 3. The molecule has 0 amide bonds. The Morgan fingerprint density at radius 3 is 2.73 bits per heavy atom. The fraction of sp³-hybridized carbons (Fsp3) is 0.273. The Hall–Kier alpha value is -1.68. The van der Waals surface area contributed by atoms with Gasteiger partial charge in [-0.2, -0.15) is 0 Å². The average molecular weight is 203 g/mol. The van der Waals surface area contributed by atoms with Gasteiger partial charge >= 0.3 is 0 Å². The number of aromatic nitrogens is 3. The molecular formula is C11H13N3O. The SMILES string of the molecule is Cc1cccnc1C(O)c1nccn1C. The number of hydrogen-bond donors (Lipinski definition) is 1. The summed E-state index contributed by atoms with van der Waals surface area (Å²) in [6.45, 7) is 1.93. The van der Waals surface area contributed by atoms with Crippen LogP contribution in [0.3, 0.4) is 0 Å². The summed E-state index contributed by atoms with van der Waals surface area (Å²) in [6, 6.07) is 3.78. The van der Waals surface area contributed by atoms with Crippen molar-refractivity contribution in [2.75, 3.05) is 0 Å². The van der Waals surface area contributed by atoms with Gasteiger partial charge in [0.15, 0.2) is 6.10 Å². The number of pyridine rings is 1. The lowest BCUT2D eigenvalue weighted by Crippen LogP contribution is -2.09. The molecule has 78 valence electrons. The first-order chi connectivity index (χ1) is 7.20. The number of hydrogen-bond acceptors (Lipinski definition) is 3. The fourth-order valence-corrected chi connectivity index (χ4v) is 1.55. The van der Waals surface area contributed by atoms with Crippen LogP contribution in [0, 0.1) is 6.92 Å². The van der Waals surface area contributed by atoms with Crippen molar-refractivity contribution in [2.45, 2.75) is 13.0 Å². The second-order valence-electron chi connectivity index (χ2n) is 3.50. The number of aryl methyl sites for hydroxylation is 2. The Balaban J connectivity index is 2.41. The highest BCUT2D eigenvalue weighted by Crippen LogP contribution is 2.20. The number of aliphatic hydroxyl groups excluding tert-OH is 1. The molecule has 0 bridgehead atoms. The van der Waals surface area contributed by atoms with Crippen molar-refractivity contribution in [3.8, 4) is 0 Å². The van der Waals surface area contributed by atoms with E-state index in [-0.39, 0.29) is 0 Å². The minimum atomic E-state index is -0.758. The van der Waals surface area contributed by atoms with Crippen molar-refractivity contribution in [1.82, 2.24) is 14.5 Å². The van der Waals surface area contributed by atoms with E-state index in [9.17, 15) is 5.11 Å². The maximum Gasteiger partial charge on any atom is 0.154 e. The topological polar surface area (TPSA) is 50.9 Å². The quantitative estimate of drug-likeness (QED) is 0.798. The summed E-state index contributed by atoms with van der Waals surface area (Å²) in [4.78, 5) is 8.28. The van der Waals surface area contributed by atoms with E-state index >= 15 is 0 Å². The lowest BCUT2D eigenvalue weighted by atomic mass is 10.1. The highest BCUT2D eigenvalue weighted by atomic mass is 16.3. The van der Waals surface area contributed by atoms with Crippen molar-refractivity contribution in [1.29, 1.82) is 0 Å². The van der Waals surface area contributed by atoms with E-state index < -0.39 is 6.10 Å². The van der Waals surface area contributed by atoms with E-state index in [1.807, 2.05) is 26.1 Å². The van der Waals surface area contributed by atoms with Gasteiger partial charge in [-0.1, -0.05) is 6.07 Å². The number of rotatable bonds is 2. The number of imidazole rings is 1. The maximum atomic E-state index is 10.1. The molecule has 2 rings (SSSR count). The van der Waals surface area contributed by atoms with E-state index in [2.05, 4.69) is 9.97 Å². The molecule has 0 aliphatic rings. The third kappa shape index (κ3) is 1.76. The van der Waals surface area contributed by atoms with Crippen molar-refractivity contribution in [3.63, 3.8) is 0 Å². The molecule has 0 spiro atoms. The van der Waals surface area contributed by atoms with Crippen LogP contribution in [0.4, 0.5) is 0 Å². The monoisotopic (exact) mass is 203 g/mol. The first kappa shape index (κ1) is 9.86. The van der Waals surface area contributed by atoms with Gasteiger partial charge in [-0.15, -0.1) is 0 Å². The maximum absolute atomic E-state index is 10.1. The lowest BCUT2D eigenvalue weighted by molar-refractivity contribution is 0.200. The molecule has 15 heavy (non-hydrogen) atoms. The van der Waals surface area contributed by atoms with Crippen LogP contribution in [0.25, 0.3) is 0 Å². The zero-order chi connectivity index (χ0) is 10.8. The average Bonchev–Trinajstić information content (AvgIpc) is 2.64. The van der Waals surface area contributed by atoms with Crippen molar-refractivity contribution in [3.05, 3.63) is 47.8 Å². The predicted molar refractivity (Wildman–Crippen MR) is 56.2 cm³/mol. The zero-order valence-electron chi connectivity index (χ0n) is 8.75. The van der Waals surface area contributed by atoms with Crippen LogP contribution in [0.15, 0.2) is 30.7 Å². The van der Waals surface area contributed by atoms with Gasteiger partial charge in [0.05, 0.1) is 5.69 Å². The van der Waals surface area contributed by atoms with Gasteiger partial charge in [-0.25, -0.2) is 4.98 Å². The summed E-state index contributed by atoms with van der Waals surface area (Å²) in [7, 11) is 1.85.